The number of rotatable bonds is 6. The second-order valence-corrected chi connectivity index (χ2v) is 7.53. The van der Waals surface area contributed by atoms with E-state index in [1.165, 1.54) is 0 Å². The highest BCUT2D eigenvalue weighted by Gasteiger charge is 2.16. The SMILES string of the molecule is Oc1c(N=NC(=S)NCCN2CCOCC2)c2ccccc2n1Cc1ccccc1. The molecule has 3 aromatic rings. The second kappa shape index (κ2) is 9.80. The molecule has 7 nitrogen and oxygen atoms in total. The van der Waals surface area contributed by atoms with E-state index >= 15 is 0 Å². The van der Waals surface area contributed by atoms with Gasteiger partial charge in [0.1, 0.15) is 0 Å². The molecule has 1 aromatic heterocycles. The zero-order chi connectivity index (χ0) is 20.8. The van der Waals surface area contributed by atoms with E-state index in [0.29, 0.717) is 23.9 Å². The normalized spacial score (nSPS) is 15.1. The van der Waals surface area contributed by atoms with Crippen molar-refractivity contribution in [2.24, 2.45) is 10.2 Å². The van der Waals surface area contributed by atoms with Gasteiger partial charge in [0, 0.05) is 31.6 Å². The number of aromatic nitrogens is 1. The van der Waals surface area contributed by atoms with Gasteiger partial charge < -0.3 is 19.7 Å². The Labute approximate surface area is 181 Å². The summed E-state index contributed by atoms with van der Waals surface area (Å²) in [5, 5.41) is 23.5. The zero-order valence-electron chi connectivity index (χ0n) is 16.7. The third kappa shape index (κ3) is 4.84. The molecule has 2 heterocycles. The summed E-state index contributed by atoms with van der Waals surface area (Å²) in [6.45, 7) is 5.54. The first-order valence-electron chi connectivity index (χ1n) is 10.1. The Bertz CT molecular complexity index is 1030. The van der Waals surface area contributed by atoms with Gasteiger partial charge in [-0.1, -0.05) is 48.5 Å². The van der Waals surface area contributed by atoms with Gasteiger partial charge in [-0.05, 0) is 23.8 Å². The lowest BCUT2D eigenvalue weighted by atomic mass is 10.2. The standard InChI is InChI=1S/C22H25N5O2S/c28-21-20(24-25-22(30)23-10-11-26-12-14-29-15-13-26)18-8-4-5-9-19(18)27(21)16-17-6-2-1-3-7-17/h1-9,28H,10-16H2,(H,23,30). The number of azo groups is 1. The van der Waals surface area contributed by atoms with E-state index in [0.717, 1.165) is 49.3 Å². The summed E-state index contributed by atoms with van der Waals surface area (Å²) in [6, 6.07) is 17.8. The van der Waals surface area contributed by atoms with Crippen LogP contribution < -0.4 is 5.32 Å². The van der Waals surface area contributed by atoms with Crippen LogP contribution in [0.25, 0.3) is 10.9 Å². The van der Waals surface area contributed by atoms with Crippen LogP contribution in [-0.4, -0.2) is 59.1 Å². The number of nitrogens with zero attached hydrogens (tertiary/aromatic N) is 4. The second-order valence-electron chi connectivity index (χ2n) is 7.15. The van der Waals surface area contributed by atoms with E-state index in [4.69, 9.17) is 17.0 Å². The average Bonchev–Trinajstić information content (AvgIpc) is 3.05. The van der Waals surface area contributed by atoms with Crippen LogP contribution in [0.4, 0.5) is 5.69 Å². The van der Waals surface area contributed by atoms with Gasteiger partial charge in [0.2, 0.25) is 11.0 Å². The van der Waals surface area contributed by atoms with E-state index in [2.05, 4.69) is 20.4 Å². The number of aromatic hydroxyl groups is 1. The number of nitrogens with one attached hydrogen (secondary N) is 1. The van der Waals surface area contributed by atoms with Gasteiger partial charge in [-0.15, -0.1) is 10.2 Å². The first-order chi connectivity index (χ1) is 14.7. The fourth-order valence-corrected chi connectivity index (χ4v) is 3.72. The molecule has 0 amide bonds. The summed E-state index contributed by atoms with van der Waals surface area (Å²) in [4.78, 5) is 2.32. The Morgan fingerprint density at radius 3 is 2.60 bits per heavy atom. The zero-order valence-corrected chi connectivity index (χ0v) is 17.5. The number of thiocarbonyl (C=S) groups is 1. The van der Waals surface area contributed by atoms with Crippen LogP contribution in [0, 0.1) is 0 Å². The molecule has 8 heteroatoms. The van der Waals surface area contributed by atoms with Gasteiger partial charge in [-0.25, -0.2) is 0 Å². The Morgan fingerprint density at radius 2 is 1.80 bits per heavy atom. The Balaban J connectivity index is 1.46. The van der Waals surface area contributed by atoms with Gasteiger partial charge >= 0.3 is 0 Å². The summed E-state index contributed by atoms with van der Waals surface area (Å²) in [5.41, 5.74) is 2.43. The van der Waals surface area contributed by atoms with Crippen molar-refractivity contribution in [3.05, 3.63) is 60.2 Å². The van der Waals surface area contributed by atoms with Crippen molar-refractivity contribution in [1.82, 2.24) is 14.8 Å². The first kappa shape index (κ1) is 20.5. The summed E-state index contributed by atoms with van der Waals surface area (Å²) >= 11 is 5.29. The van der Waals surface area contributed by atoms with Crippen LogP contribution in [0.5, 0.6) is 5.88 Å². The summed E-state index contributed by atoms with van der Waals surface area (Å²) in [5.74, 6) is 0.0833. The molecule has 0 unspecified atom stereocenters. The molecule has 30 heavy (non-hydrogen) atoms. The Kier molecular flexibility index (Phi) is 6.68. The van der Waals surface area contributed by atoms with Gasteiger partial charge in [0.15, 0.2) is 5.69 Å². The van der Waals surface area contributed by atoms with Crippen LogP contribution in [0.1, 0.15) is 5.56 Å². The minimum atomic E-state index is 0.0833. The molecule has 0 spiro atoms. The molecule has 2 N–H and O–H groups in total. The predicted octanol–water partition coefficient (Wildman–Crippen LogP) is 3.69. The number of fused-ring (bicyclic) bond motifs is 1. The highest BCUT2D eigenvalue weighted by Crippen LogP contribution is 2.39. The smallest absolute Gasteiger partial charge is 0.221 e. The number of hydrogen-bond acceptors (Lipinski definition) is 5. The molecule has 4 rings (SSSR count). The molecular weight excluding hydrogens is 398 g/mol. The number of morpholine rings is 1. The van der Waals surface area contributed by atoms with Crippen molar-refractivity contribution in [2.75, 3.05) is 39.4 Å². The molecule has 1 fully saturated rings. The van der Waals surface area contributed by atoms with Crippen LogP contribution in [0.15, 0.2) is 64.8 Å². The van der Waals surface area contributed by atoms with Gasteiger partial charge in [0.25, 0.3) is 0 Å². The fourth-order valence-electron chi connectivity index (χ4n) is 3.57. The lowest BCUT2D eigenvalue weighted by Crippen LogP contribution is -2.40. The predicted molar refractivity (Wildman–Crippen MR) is 122 cm³/mol. The molecular formula is C22H25N5O2S. The van der Waals surface area contributed by atoms with E-state index in [-0.39, 0.29) is 5.88 Å². The summed E-state index contributed by atoms with van der Waals surface area (Å²) < 4.78 is 7.19. The highest BCUT2D eigenvalue weighted by molar-refractivity contribution is 7.80. The molecule has 0 saturated carbocycles. The van der Waals surface area contributed by atoms with Crippen molar-refractivity contribution in [3.63, 3.8) is 0 Å². The number of para-hydroxylation sites is 1. The maximum Gasteiger partial charge on any atom is 0.221 e. The van der Waals surface area contributed by atoms with Gasteiger partial charge in [-0.3, -0.25) is 4.90 Å². The van der Waals surface area contributed by atoms with Crippen LogP contribution in [-0.2, 0) is 11.3 Å². The number of ether oxygens (including phenoxy) is 1. The third-order valence-corrected chi connectivity index (χ3v) is 5.38. The maximum absolute atomic E-state index is 10.9. The van der Waals surface area contributed by atoms with E-state index < -0.39 is 0 Å². The van der Waals surface area contributed by atoms with E-state index in [1.54, 1.807) is 0 Å². The molecule has 0 bridgehead atoms. The van der Waals surface area contributed by atoms with Crippen LogP contribution >= 0.6 is 12.2 Å². The lowest BCUT2D eigenvalue weighted by molar-refractivity contribution is 0.0389. The van der Waals surface area contributed by atoms with Crippen LogP contribution in [0.2, 0.25) is 0 Å². The van der Waals surface area contributed by atoms with Gasteiger partial charge in [-0.2, -0.15) is 0 Å². The van der Waals surface area contributed by atoms with Crippen LogP contribution in [0.3, 0.4) is 0 Å². The number of hydrogen-bond donors (Lipinski definition) is 2. The third-order valence-electron chi connectivity index (χ3n) is 5.15. The highest BCUT2D eigenvalue weighted by atomic mass is 32.1. The number of benzene rings is 2. The van der Waals surface area contributed by atoms with Crippen molar-refractivity contribution < 1.29 is 9.84 Å². The van der Waals surface area contributed by atoms with Gasteiger partial charge in [0.05, 0.1) is 25.3 Å². The molecule has 1 aliphatic rings. The molecule has 2 aromatic carbocycles. The molecule has 1 aliphatic heterocycles. The Hall–Kier alpha value is -2.81. The largest absolute Gasteiger partial charge is 0.493 e. The minimum Gasteiger partial charge on any atom is -0.493 e. The molecule has 0 atom stereocenters. The first-order valence-corrected chi connectivity index (χ1v) is 10.5. The minimum absolute atomic E-state index is 0.0833. The maximum atomic E-state index is 10.9. The molecule has 156 valence electrons. The summed E-state index contributed by atoms with van der Waals surface area (Å²) in [6.07, 6.45) is 0. The van der Waals surface area contributed by atoms with E-state index in [1.807, 2.05) is 59.2 Å². The molecule has 1 saturated heterocycles. The van der Waals surface area contributed by atoms with Crippen molar-refractivity contribution in [2.45, 2.75) is 6.54 Å². The average molecular weight is 424 g/mol. The van der Waals surface area contributed by atoms with E-state index in [9.17, 15) is 5.11 Å². The lowest BCUT2D eigenvalue weighted by Gasteiger charge is -2.26. The monoisotopic (exact) mass is 423 g/mol. The van der Waals surface area contributed by atoms with Crippen molar-refractivity contribution >= 4 is 33.9 Å². The molecule has 0 aliphatic carbocycles. The van der Waals surface area contributed by atoms with Crippen molar-refractivity contribution in [1.29, 1.82) is 0 Å². The fraction of sp³-hybridized carbons (Fsp3) is 0.318. The van der Waals surface area contributed by atoms with Crippen molar-refractivity contribution in [3.8, 4) is 5.88 Å². The quantitative estimate of drug-likeness (QED) is 0.467. The summed E-state index contributed by atoms with van der Waals surface area (Å²) in [7, 11) is 0. The topological polar surface area (TPSA) is 74.4 Å². The molecule has 0 radical (unpaired) electrons. The Morgan fingerprint density at radius 1 is 1.07 bits per heavy atom.